The molecule has 4 aromatic carbocycles. The van der Waals surface area contributed by atoms with Crippen molar-refractivity contribution in [1.29, 1.82) is 0 Å². The number of nitrogens with zero attached hydrogens (tertiary/aromatic N) is 2. The summed E-state index contributed by atoms with van der Waals surface area (Å²) in [5.74, 6) is 0.527. The van der Waals surface area contributed by atoms with Gasteiger partial charge in [0.25, 0.3) is 11.8 Å². The first-order chi connectivity index (χ1) is 21.9. The molecule has 228 valence electrons. The third kappa shape index (κ3) is 8.25. The molecule has 5 aromatic rings. The standard InChI is InChI=1S/C33H28BrN5O5S/c1-42-28-11-7-6-10-26(28)37-30(40)19-44-31-25(34)16-21(17-29(31)43-2)18-35-39-32(41)23-14-12-22(13-15-23)27-20-45-33(38-27)36-24-8-4-3-5-9-24/h3-18,20H,19H2,1-2H3,(H,36,38)(H,37,40)(H,39,41)/b35-18+. The molecule has 0 saturated carbocycles. The Labute approximate surface area is 272 Å². The van der Waals surface area contributed by atoms with Crippen LogP contribution in [0.1, 0.15) is 15.9 Å². The fraction of sp³-hybridized carbons (Fsp3) is 0.0909. The van der Waals surface area contributed by atoms with Crippen molar-refractivity contribution in [3.63, 3.8) is 0 Å². The van der Waals surface area contributed by atoms with Crippen molar-refractivity contribution in [2.75, 3.05) is 31.5 Å². The number of amides is 2. The van der Waals surface area contributed by atoms with Crippen molar-refractivity contribution in [2.45, 2.75) is 0 Å². The number of rotatable bonds is 12. The topological polar surface area (TPSA) is 123 Å². The first-order valence-corrected chi connectivity index (χ1v) is 15.3. The zero-order chi connectivity index (χ0) is 31.6. The van der Waals surface area contributed by atoms with Crippen molar-refractivity contribution in [3.05, 3.63) is 112 Å². The van der Waals surface area contributed by atoms with Crippen LogP contribution in [0.15, 0.2) is 106 Å². The molecule has 10 nitrogen and oxygen atoms in total. The fourth-order valence-corrected chi connectivity index (χ4v) is 5.47. The molecule has 1 aromatic heterocycles. The van der Waals surface area contributed by atoms with Crippen molar-refractivity contribution >= 4 is 61.8 Å². The summed E-state index contributed by atoms with van der Waals surface area (Å²) in [5, 5.41) is 12.9. The molecule has 0 aliphatic heterocycles. The largest absolute Gasteiger partial charge is 0.495 e. The molecule has 5 rings (SSSR count). The van der Waals surface area contributed by atoms with Gasteiger partial charge in [-0.15, -0.1) is 11.3 Å². The molecule has 0 radical (unpaired) electrons. The van der Waals surface area contributed by atoms with E-state index in [1.807, 2.05) is 53.9 Å². The molecule has 45 heavy (non-hydrogen) atoms. The highest BCUT2D eigenvalue weighted by atomic mass is 79.9. The van der Waals surface area contributed by atoms with Crippen LogP contribution in [-0.2, 0) is 4.79 Å². The number of nitrogens with one attached hydrogen (secondary N) is 3. The Kier molecular flexibility index (Phi) is 10.4. The number of thiazole rings is 1. The van der Waals surface area contributed by atoms with Crippen LogP contribution in [0.3, 0.4) is 0 Å². The second-order valence-electron chi connectivity index (χ2n) is 9.38. The maximum atomic E-state index is 12.7. The Morgan fingerprint density at radius 3 is 2.42 bits per heavy atom. The predicted octanol–water partition coefficient (Wildman–Crippen LogP) is 7.11. The van der Waals surface area contributed by atoms with Gasteiger partial charge < -0.3 is 24.8 Å². The van der Waals surface area contributed by atoms with Gasteiger partial charge in [0.15, 0.2) is 23.2 Å². The molecule has 3 N–H and O–H groups in total. The molecule has 0 aliphatic rings. The summed E-state index contributed by atoms with van der Waals surface area (Å²) in [6, 6.07) is 27.5. The van der Waals surface area contributed by atoms with Gasteiger partial charge in [-0.2, -0.15) is 5.10 Å². The second kappa shape index (κ2) is 15.0. The van der Waals surface area contributed by atoms with Crippen LogP contribution in [0, 0.1) is 0 Å². The van der Waals surface area contributed by atoms with Crippen LogP contribution in [0.5, 0.6) is 17.2 Å². The number of hydrogen-bond donors (Lipinski definition) is 3. The number of anilines is 3. The van der Waals surface area contributed by atoms with Gasteiger partial charge in [-0.3, -0.25) is 9.59 Å². The van der Waals surface area contributed by atoms with Crippen LogP contribution < -0.4 is 30.3 Å². The molecule has 1 heterocycles. The number of carbonyl (C=O) groups is 2. The van der Waals surface area contributed by atoms with Gasteiger partial charge in [-0.05, 0) is 70.0 Å². The van der Waals surface area contributed by atoms with Gasteiger partial charge in [0, 0.05) is 22.2 Å². The number of benzene rings is 4. The SMILES string of the molecule is COc1ccccc1NC(=O)COc1c(Br)cc(/C=N/NC(=O)c2ccc(-c3csc(Nc4ccccc4)n3)cc2)cc1OC. The lowest BCUT2D eigenvalue weighted by Crippen LogP contribution is -2.20. The maximum absolute atomic E-state index is 12.7. The van der Waals surface area contributed by atoms with Gasteiger partial charge in [0.1, 0.15) is 5.75 Å². The molecule has 0 saturated heterocycles. The molecule has 2 amide bonds. The van der Waals surface area contributed by atoms with E-state index in [-0.39, 0.29) is 18.4 Å². The molecule has 0 atom stereocenters. The Morgan fingerprint density at radius 2 is 1.67 bits per heavy atom. The molecule has 0 unspecified atom stereocenters. The molecular formula is C33H28BrN5O5S. The van der Waals surface area contributed by atoms with Crippen molar-refractivity contribution in [3.8, 4) is 28.5 Å². The maximum Gasteiger partial charge on any atom is 0.271 e. The van der Waals surface area contributed by atoms with E-state index in [0.29, 0.717) is 38.5 Å². The summed E-state index contributed by atoms with van der Waals surface area (Å²) < 4.78 is 17.0. The number of halogens is 1. The summed E-state index contributed by atoms with van der Waals surface area (Å²) in [6.45, 7) is -0.260. The quantitative estimate of drug-likeness (QED) is 0.0944. The van der Waals surface area contributed by atoms with Crippen molar-refractivity contribution in [2.24, 2.45) is 5.10 Å². The van der Waals surface area contributed by atoms with Gasteiger partial charge in [0.05, 0.1) is 36.3 Å². The first-order valence-electron chi connectivity index (χ1n) is 13.6. The van der Waals surface area contributed by atoms with Gasteiger partial charge in [-0.25, -0.2) is 10.4 Å². The minimum atomic E-state index is -0.369. The highest BCUT2D eigenvalue weighted by Crippen LogP contribution is 2.36. The lowest BCUT2D eigenvalue weighted by atomic mass is 10.1. The lowest BCUT2D eigenvalue weighted by molar-refractivity contribution is -0.118. The number of hydrazone groups is 1. The average molecular weight is 687 g/mol. The van der Waals surface area contributed by atoms with Crippen LogP contribution in [0.2, 0.25) is 0 Å². The van der Waals surface area contributed by atoms with E-state index in [0.717, 1.165) is 22.1 Å². The van der Waals surface area contributed by atoms with E-state index in [1.165, 1.54) is 31.8 Å². The van der Waals surface area contributed by atoms with Gasteiger partial charge >= 0.3 is 0 Å². The third-order valence-corrected chi connectivity index (χ3v) is 7.68. The number of ether oxygens (including phenoxy) is 3. The van der Waals surface area contributed by atoms with E-state index in [2.05, 4.69) is 42.1 Å². The molecular weight excluding hydrogens is 658 g/mol. The van der Waals surface area contributed by atoms with E-state index in [9.17, 15) is 9.59 Å². The number of aromatic nitrogens is 1. The highest BCUT2D eigenvalue weighted by molar-refractivity contribution is 9.10. The molecule has 12 heteroatoms. The normalized spacial score (nSPS) is 10.7. The summed E-state index contributed by atoms with van der Waals surface area (Å²) in [7, 11) is 3.02. The number of methoxy groups -OCH3 is 2. The number of carbonyl (C=O) groups excluding carboxylic acids is 2. The minimum Gasteiger partial charge on any atom is -0.495 e. The van der Waals surface area contributed by atoms with Gasteiger partial charge in [0.2, 0.25) is 0 Å². The second-order valence-corrected chi connectivity index (χ2v) is 11.1. The van der Waals surface area contributed by atoms with Crippen molar-refractivity contribution < 1.29 is 23.8 Å². The Hall–Kier alpha value is -5.20. The smallest absolute Gasteiger partial charge is 0.271 e. The first kappa shape index (κ1) is 31.2. The highest BCUT2D eigenvalue weighted by Gasteiger charge is 2.15. The number of para-hydroxylation sites is 3. The molecule has 0 bridgehead atoms. The van der Waals surface area contributed by atoms with E-state index in [4.69, 9.17) is 14.2 Å². The zero-order valence-electron chi connectivity index (χ0n) is 24.2. The zero-order valence-corrected chi connectivity index (χ0v) is 26.6. The average Bonchev–Trinajstić information content (AvgIpc) is 3.53. The minimum absolute atomic E-state index is 0.260. The Bertz CT molecular complexity index is 1810. The van der Waals surface area contributed by atoms with E-state index < -0.39 is 0 Å². The molecule has 0 fully saturated rings. The lowest BCUT2D eigenvalue weighted by Gasteiger charge is -2.14. The molecule has 0 aliphatic carbocycles. The van der Waals surface area contributed by atoms with E-state index >= 15 is 0 Å². The third-order valence-electron chi connectivity index (χ3n) is 6.33. The van der Waals surface area contributed by atoms with Crippen LogP contribution in [-0.4, -0.2) is 43.8 Å². The van der Waals surface area contributed by atoms with E-state index in [1.54, 1.807) is 42.5 Å². The van der Waals surface area contributed by atoms with Crippen LogP contribution >= 0.6 is 27.3 Å². The van der Waals surface area contributed by atoms with Gasteiger partial charge in [-0.1, -0.05) is 42.5 Å². The summed E-state index contributed by atoms with van der Waals surface area (Å²) in [5.41, 5.74) is 6.82. The fourth-order valence-electron chi connectivity index (χ4n) is 4.16. The predicted molar refractivity (Wildman–Crippen MR) is 180 cm³/mol. The Balaban J connectivity index is 1.16. The Morgan fingerprint density at radius 1 is 0.933 bits per heavy atom. The summed E-state index contributed by atoms with van der Waals surface area (Å²) >= 11 is 4.97. The van der Waals surface area contributed by atoms with Crippen LogP contribution in [0.4, 0.5) is 16.5 Å². The van der Waals surface area contributed by atoms with Crippen LogP contribution in [0.25, 0.3) is 11.3 Å². The monoisotopic (exact) mass is 685 g/mol. The summed E-state index contributed by atoms with van der Waals surface area (Å²) in [4.78, 5) is 29.8. The van der Waals surface area contributed by atoms with Crippen molar-refractivity contribution in [1.82, 2.24) is 10.4 Å². The molecule has 0 spiro atoms. The number of hydrogen-bond acceptors (Lipinski definition) is 9. The summed E-state index contributed by atoms with van der Waals surface area (Å²) in [6.07, 6.45) is 1.48.